The number of hydrogen-bond donors (Lipinski definition) is 2. The van der Waals surface area contributed by atoms with Crippen LogP contribution in [0.15, 0.2) is 0 Å². The molecule has 3 nitrogen and oxygen atoms in total. The van der Waals surface area contributed by atoms with Crippen LogP contribution in [0.5, 0.6) is 0 Å². The van der Waals surface area contributed by atoms with Crippen molar-refractivity contribution in [3.8, 4) is 0 Å². The van der Waals surface area contributed by atoms with Gasteiger partial charge in [-0.25, -0.2) is 0 Å². The lowest BCUT2D eigenvalue weighted by Gasteiger charge is -2.40. The van der Waals surface area contributed by atoms with E-state index in [9.17, 15) is 5.11 Å². The zero-order valence-corrected chi connectivity index (χ0v) is 8.96. The first-order chi connectivity index (χ1) is 6.70. The van der Waals surface area contributed by atoms with Crippen molar-refractivity contribution < 1.29 is 9.84 Å². The summed E-state index contributed by atoms with van der Waals surface area (Å²) in [4.78, 5) is 0. The topological polar surface area (TPSA) is 41.5 Å². The van der Waals surface area contributed by atoms with E-state index < -0.39 is 0 Å². The molecule has 82 valence electrons. The summed E-state index contributed by atoms with van der Waals surface area (Å²) in [5.74, 6) is 0. The van der Waals surface area contributed by atoms with Crippen LogP contribution in [0.1, 0.15) is 32.6 Å². The smallest absolute Gasteiger partial charge is 0.0693 e. The molecule has 2 fully saturated rings. The molecule has 1 saturated heterocycles. The summed E-state index contributed by atoms with van der Waals surface area (Å²) in [5.41, 5.74) is 0.317. The molecule has 0 aromatic heterocycles. The van der Waals surface area contributed by atoms with Crippen LogP contribution in [0, 0.1) is 5.41 Å². The SMILES string of the molecule is CC1(CNC2CCCCC2O)COC1. The first-order valence-corrected chi connectivity index (χ1v) is 5.69. The molecular weight excluding hydrogens is 178 g/mol. The second kappa shape index (κ2) is 4.17. The van der Waals surface area contributed by atoms with Crippen LogP contribution in [-0.4, -0.2) is 37.0 Å². The van der Waals surface area contributed by atoms with Gasteiger partial charge in [0.1, 0.15) is 0 Å². The maximum absolute atomic E-state index is 9.76. The Balaban J connectivity index is 1.73. The minimum absolute atomic E-state index is 0.131. The molecule has 14 heavy (non-hydrogen) atoms. The zero-order valence-electron chi connectivity index (χ0n) is 8.96. The van der Waals surface area contributed by atoms with E-state index in [0.29, 0.717) is 11.5 Å². The van der Waals surface area contributed by atoms with E-state index in [2.05, 4.69) is 12.2 Å². The Morgan fingerprint density at radius 2 is 2.07 bits per heavy atom. The molecule has 2 aliphatic rings. The van der Waals surface area contributed by atoms with Gasteiger partial charge in [0.25, 0.3) is 0 Å². The third-order valence-corrected chi connectivity index (χ3v) is 3.42. The minimum Gasteiger partial charge on any atom is -0.392 e. The zero-order chi connectivity index (χ0) is 10.0. The van der Waals surface area contributed by atoms with Crippen LogP contribution in [-0.2, 0) is 4.74 Å². The lowest BCUT2D eigenvalue weighted by atomic mass is 9.86. The van der Waals surface area contributed by atoms with Gasteiger partial charge in [-0.05, 0) is 12.8 Å². The van der Waals surface area contributed by atoms with Crippen LogP contribution in [0.2, 0.25) is 0 Å². The Labute approximate surface area is 85.8 Å². The fraction of sp³-hybridized carbons (Fsp3) is 1.00. The van der Waals surface area contributed by atoms with Gasteiger partial charge in [-0.2, -0.15) is 0 Å². The molecule has 0 aromatic carbocycles. The van der Waals surface area contributed by atoms with Gasteiger partial charge in [-0.3, -0.25) is 0 Å². The van der Waals surface area contributed by atoms with E-state index in [1.807, 2.05) is 0 Å². The summed E-state index contributed by atoms with van der Waals surface area (Å²) in [6.07, 6.45) is 4.39. The first kappa shape index (κ1) is 10.4. The normalized spacial score (nSPS) is 36.4. The summed E-state index contributed by atoms with van der Waals surface area (Å²) in [5, 5.41) is 13.2. The highest BCUT2D eigenvalue weighted by Crippen LogP contribution is 2.26. The highest BCUT2D eigenvalue weighted by Gasteiger charge is 2.34. The lowest BCUT2D eigenvalue weighted by molar-refractivity contribution is -0.102. The highest BCUT2D eigenvalue weighted by molar-refractivity contribution is 4.87. The Morgan fingerprint density at radius 3 is 2.64 bits per heavy atom. The number of aliphatic hydroxyl groups is 1. The third-order valence-electron chi connectivity index (χ3n) is 3.42. The molecule has 1 aliphatic carbocycles. The minimum atomic E-state index is -0.131. The van der Waals surface area contributed by atoms with Crippen LogP contribution in [0.25, 0.3) is 0 Å². The molecule has 0 amide bonds. The monoisotopic (exact) mass is 199 g/mol. The fourth-order valence-corrected chi connectivity index (χ4v) is 2.28. The molecule has 1 aliphatic heterocycles. The molecule has 1 saturated carbocycles. The predicted octanol–water partition coefficient (Wildman–Crippen LogP) is 0.916. The van der Waals surface area contributed by atoms with E-state index in [0.717, 1.165) is 32.6 Å². The molecule has 0 radical (unpaired) electrons. The Kier molecular flexibility index (Phi) is 3.10. The molecule has 1 heterocycles. The van der Waals surface area contributed by atoms with Crippen molar-refractivity contribution in [2.24, 2.45) is 5.41 Å². The number of aliphatic hydroxyl groups excluding tert-OH is 1. The van der Waals surface area contributed by atoms with E-state index >= 15 is 0 Å². The molecule has 2 rings (SSSR count). The Bertz CT molecular complexity index is 192. The Hall–Kier alpha value is -0.120. The van der Waals surface area contributed by atoms with Crippen molar-refractivity contribution >= 4 is 0 Å². The Morgan fingerprint density at radius 1 is 1.36 bits per heavy atom. The van der Waals surface area contributed by atoms with Gasteiger partial charge in [0.15, 0.2) is 0 Å². The van der Waals surface area contributed by atoms with Crippen molar-refractivity contribution in [1.82, 2.24) is 5.32 Å². The maximum Gasteiger partial charge on any atom is 0.0693 e. The summed E-state index contributed by atoms with van der Waals surface area (Å²) >= 11 is 0. The van der Waals surface area contributed by atoms with Crippen molar-refractivity contribution in [3.63, 3.8) is 0 Å². The molecule has 2 atom stereocenters. The van der Waals surface area contributed by atoms with E-state index in [1.165, 1.54) is 12.8 Å². The number of nitrogens with one attached hydrogen (secondary N) is 1. The average Bonchev–Trinajstić information content (AvgIpc) is 2.14. The van der Waals surface area contributed by atoms with Gasteiger partial charge in [-0.1, -0.05) is 19.8 Å². The van der Waals surface area contributed by atoms with Gasteiger partial charge in [-0.15, -0.1) is 0 Å². The quantitative estimate of drug-likeness (QED) is 0.710. The van der Waals surface area contributed by atoms with Gasteiger partial charge < -0.3 is 15.2 Å². The standard InChI is InChI=1S/C11H21NO2/c1-11(7-14-8-11)6-12-9-4-2-3-5-10(9)13/h9-10,12-13H,2-8H2,1H3. The van der Waals surface area contributed by atoms with E-state index in [4.69, 9.17) is 4.74 Å². The molecule has 0 bridgehead atoms. The molecule has 0 spiro atoms. The molecule has 2 unspecified atom stereocenters. The number of rotatable bonds is 3. The van der Waals surface area contributed by atoms with Gasteiger partial charge in [0, 0.05) is 18.0 Å². The van der Waals surface area contributed by atoms with Crippen molar-refractivity contribution in [2.75, 3.05) is 19.8 Å². The molecule has 3 heteroatoms. The van der Waals surface area contributed by atoms with Crippen molar-refractivity contribution in [2.45, 2.75) is 44.8 Å². The van der Waals surface area contributed by atoms with Gasteiger partial charge in [0.2, 0.25) is 0 Å². The second-order valence-electron chi connectivity index (χ2n) is 5.14. The molecular formula is C11H21NO2. The van der Waals surface area contributed by atoms with Crippen molar-refractivity contribution in [1.29, 1.82) is 0 Å². The summed E-state index contributed by atoms with van der Waals surface area (Å²) in [7, 11) is 0. The van der Waals surface area contributed by atoms with Crippen LogP contribution < -0.4 is 5.32 Å². The van der Waals surface area contributed by atoms with Crippen LogP contribution >= 0.6 is 0 Å². The number of ether oxygens (including phenoxy) is 1. The third kappa shape index (κ3) is 2.27. The average molecular weight is 199 g/mol. The van der Waals surface area contributed by atoms with Crippen LogP contribution in [0.4, 0.5) is 0 Å². The van der Waals surface area contributed by atoms with Crippen LogP contribution in [0.3, 0.4) is 0 Å². The second-order valence-corrected chi connectivity index (χ2v) is 5.14. The van der Waals surface area contributed by atoms with E-state index in [-0.39, 0.29) is 6.10 Å². The lowest BCUT2D eigenvalue weighted by Crippen LogP contribution is -2.52. The largest absolute Gasteiger partial charge is 0.392 e. The van der Waals surface area contributed by atoms with E-state index in [1.54, 1.807) is 0 Å². The first-order valence-electron chi connectivity index (χ1n) is 5.69. The van der Waals surface area contributed by atoms with Gasteiger partial charge >= 0.3 is 0 Å². The van der Waals surface area contributed by atoms with Crippen molar-refractivity contribution in [3.05, 3.63) is 0 Å². The summed E-state index contributed by atoms with van der Waals surface area (Å²) < 4.78 is 5.20. The molecule has 2 N–H and O–H groups in total. The maximum atomic E-state index is 9.76. The van der Waals surface area contributed by atoms with Gasteiger partial charge in [0.05, 0.1) is 19.3 Å². The fourth-order valence-electron chi connectivity index (χ4n) is 2.28. The number of hydrogen-bond acceptors (Lipinski definition) is 3. The summed E-state index contributed by atoms with van der Waals surface area (Å²) in [6.45, 7) is 4.94. The predicted molar refractivity (Wildman–Crippen MR) is 55.2 cm³/mol. The molecule has 0 aromatic rings. The highest BCUT2D eigenvalue weighted by atomic mass is 16.5. The summed E-state index contributed by atoms with van der Waals surface area (Å²) in [6, 6.07) is 0.321.